The minimum absolute atomic E-state index is 0.150. The summed E-state index contributed by atoms with van der Waals surface area (Å²) in [4.78, 5) is 26.6. The van der Waals surface area contributed by atoms with Crippen LogP contribution in [0.2, 0.25) is 0 Å². The topological polar surface area (TPSA) is 74.3 Å². The zero-order valence-electron chi connectivity index (χ0n) is 18.5. The van der Waals surface area contributed by atoms with Gasteiger partial charge in [0.25, 0.3) is 5.91 Å². The number of likely N-dealkylation sites (tertiary alicyclic amines) is 1. The molecule has 1 heterocycles. The largest absolute Gasteiger partial charge is 0.497 e. The normalized spacial score (nSPS) is 15.5. The maximum absolute atomic E-state index is 12.8. The number of rotatable bonds is 8. The molecule has 0 aliphatic carbocycles. The molecule has 0 aromatic heterocycles. The van der Waals surface area contributed by atoms with Gasteiger partial charge in [-0.05, 0) is 56.5 Å². The summed E-state index contributed by atoms with van der Waals surface area (Å²) in [6, 6.07) is 11.1. The highest BCUT2D eigenvalue weighted by Gasteiger charge is 2.32. The van der Waals surface area contributed by atoms with Gasteiger partial charge in [0.2, 0.25) is 0 Å². The molecule has 1 atom stereocenters. The number of aryl methyl sites for hydroxylation is 2. The highest BCUT2D eigenvalue weighted by atomic mass is 16.6. The molecule has 0 radical (unpaired) electrons. The lowest BCUT2D eigenvalue weighted by Crippen LogP contribution is -2.35. The first-order chi connectivity index (χ1) is 14.9. The first-order valence-corrected chi connectivity index (χ1v) is 10.3. The van der Waals surface area contributed by atoms with Gasteiger partial charge in [0, 0.05) is 12.1 Å². The number of methoxy groups -OCH3 is 2. The standard InChI is InChI=1S/C24H29NO6/c1-16-7-9-21(17(2)12-16)30-15-24(27)31-14-23(26)25-11-5-6-20(25)19-13-18(28-3)8-10-22(19)29-4/h7-10,12-13,20H,5-6,11,14-15H2,1-4H3/t20-/m0/s1. The first-order valence-electron chi connectivity index (χ1n) is 10.3. The molecule has 1 aliphatic rings. The molecule has 0 N–H and O–H groups in total. The summed E-state index contributed by atoms with van der Waals surface area (Å²) in [6.45, 7) is 3.93. The van der Waals surface area contributed by atoms with Crippen LogP contribution in [0.5, 0.6) is 17.2 Å². The average Bonchev–Trinajstić information content (AvgIpc) is 3.26. The summed E-state index contributed by atoms with van der Waals surface area (Å²) in [5.41, 5.74) is 2.94. The van der Waals surface area contributed by atoms with Crippen molar-refractivity contribution in [3.8, 4) is 17.2 Å². The van der Waals surface area contributed by atoms with E-state index < -0.39 is 5.97 Å². The lowest BCUT2D eigenvalue weighted by molar-refractivity contribution is -0.154. The van der Waals surface area contributed by atoms with Gasteiger partial charge in [0.15, 0.2) is 13.2 Å². The van der Waals surface area contributed by atoms with Crippen molar-refractivity contribution in [1.29, 1.82) is 0 Å². The van der Waals surface area contributed by atoms with Crippen molar-refractivity contribution in [2.45, 2.75) is 32.7 Å². The van der Waals surface area contributed by atoms with Gasteiger partial charge in [-0.25, -0.2) is 4.79 Å². The van der Waals surface area contributed by atoms with Gasteiger partial charge in [-0.1, -0.05) is 17.7 Å². The van der Waals surface area contributed by atoms with E-state index in [0.29, 0.717) is 23.8 Å². The van der Waals surface area contributed by atoms with Gasteiger partial charge in [0.1, 0.15) is 17.2 Å². The Balaban J connectivity index is 1.58. The molecule has 0 saturated carbocycles. The number of carbonyl (C=O) groups is 2. The molecule has 7 heteroatoms. The van der Waals surface area contributed by atoms with E-state index in [0.717, 1.165) is 29.5 Å². The van der Waals surface area contributed by atoms with Gasteiger partial charge in [-0.3, -0.25) is 4.79 Å². The molecule has 166 valence electrons. The molecule has 7 nitrogen and oxygen atoms in total. The highest BCUT2D eigenvalue weighted by molar-refractivity contribution is 5.81. The summed E-state index contributed by atoms with van der Waals surface area (Å²) in [5, 5.41) is 0. The SMILES string of the molecule is COc1ccc(OC)c([C@@H]2CCCN2C(=O)COC(=O)COc2ccc(C)cc2C)c1. The number of hydrogen-bond donors (Lipinski definition) is 0. The van der Waals surface area contributed by atoms with Crippen LogP contribution in [0, 0.1) is 13.8 Å². The second-order valence-corrected chi connectivity index (χ2v) is 7.57. The number of benzene rings is 2. The monoisotopic (exact) mass is 427 g/mol. The number of hydrogen-bond acceptors (Lipinski definition) is 6. The van der Waals surface area contributed by atoms with Crippen molar-refractivity contribution in [3.05, 3.63) is 53.1 Å². The summed E-state index contributed by atoms with van der Waals surface area (Å²) in [6.07, 6.45) is 1.67. The molecule has 1 aliphatic heterocycles. The molecule has 2 aromatic rings. The van der Waals surface area contributed by atoms with E-state index in [1.54, 1.807) is 19.1 Å². The second-order valence-electron chi connectivity index (χ2n) is 7.57. The van der Waals surface area contributed by atoms with E-state index in [1.165, 1.54) is 0 Å². The van der Waals surface area contributed by atoms with Gasteiger partial charge >= 0.3 is 5.97 Å². The van der Waals surface area contributed by atoms with Gasteiger partial charge in [-0.2, -0.15) is 0 Å². The smallest absolute Gasteiger partial charge is 0.344 e. The van der Waals surface area contributed by atoms with E-state index in [4.69, 9.17) is 18.9 Å². The number of esters is 1. The summed E-state index contributed by atoms with van der Waals surface area (Å²) >= 11 is 0. The van der Waals surface area contributed by atoms with Crippen molar-refractivity contribution in [2.24, 2.45) is 0 Å². The second kappa shape index (κ2) is 10.2. The third-order valence-electron chi connectivity index (χ3n) is 5.40. The summed E-state index contributed by atoms with van der Waals surface area (Å²) < 4.78 is 21.5. The Labute approximate surface area is 182 Å². The van der Waals surface area contributed by atoms with Crippen LogP contribution in [0.3, 0.4) is 0 Å². The average molecular weight is 427 g/mol. The van der Waals surface area contributed by atoms with Gasteiger partial charge in [0.05, 0.1) is 20.3 Å². The zero-order chi connectivity index (χ0) is 22.4. The van der Waals surface area contributed by atoms with Crippen LogP contribution in [0.25, 0.3) is 0 Å². The minimum atomic E-state index is -0.581. The van der Waals surface area contributed by atoms with Crippen LogP contribution < -0.4 is 14.2 Å². The number of nitrogens with zero attached hydrogens (tertiary/aromatic N) is 1. The number of carbonyl (C=O) groups excluding carboxylic acids is 2. The molecular weight excluding hydrogens is 398 g/mol. The lowest BCUT2D eigenvalue weighted by Gasteiger charge is -2.26. The third-order valence-corrected chi connectivity index (χ3v) is 5.40. The molecule has 31 heavy (non-hydrogen) atoms. The van der Waals surface area contributed by atoms with E-state index in [1.807, 2.05) is 50.2 Å². The maximum atomic E-state index is 12.8. The Morgan fingerprint density at radius 1 is 1.00 bits per heavy atom. The Kier molecular flexibility index (Phi) is 7.39. The van der Waals surface area contributed by atoms with E-state index in [-0.39, 0.29) is 25.2 Å². The molecule has 2 aromatic carbocycles. The fraction of sp³-hybridized carbons (Fsp3) is 0.417. The van der Waals surface area contributed by atoms with Crippen molar-refractivity contribution >= 4 is 11.9 Å². The van der Waals surface area contributed by atoms with Gasteiger partial charge in [-0.15, -0.1) is 0 Å². The molecular formula is C24H29NO6. The zero-order valence-corrected chi connectivity index (χ0v) is 18.5. The molecule has 1 saturated heterocycles. The summed E-state index contributed by atoms with van der Waals surface area (Å²) in [7, 11) is 3.20. The Hall–Kier alpha value is -3.22. The van der Waals surface area contributed by atoms with Crippen LogP contribution in [-0.4, -0.2) is 50.8 Å². The van der Waals surface area contributed by atoms with Crippen LogP contribution in [0.1, 0.15) is 35.6 Å². The lowest BCUT2D eigenvalue weighted by atomic mass is 10.0. The van der Waals surface area contributed by atoms with Crippen molar-refractivity contribution in [1.82, 2.24) is 4.90 Å². The molecule has 1 fully saturated rings. The predicted molar refractivity (Wildman–Crippen MR) is 116 cm³/mol. The minimum Gasteiger partial charge on any atom is -0.497 e. The van der Waals surface area contributed by atoms with E-state index in [2.05, 4.69) is 0 Å². The maximum Gasteiger partial charge on any atom is 0.344 e. The number of amides is 1. The van der Waals surface area contributed by atoms with E-state index >= 15 is 0 Å². The molecule has 0 spiro atoms. The number of ether oxygens (including phenoxy) is 4. The van der Waals surface area contributed by atoms with E-state index in [9.17, 15) is 9.59 Å². The molecule has 0 unspecified atom stereocenters. The molecule has 1 amide bonds. The van der Waals surface area contributed by atoms with Crippen LogP contribution in [0.15, 0.2) is 36.4 Å². The predicted octanol–water partition coefficient (Wildman–Crippen LogP) is 3.61. The summed E-state index contributed by atoms with van der Waals surface area (Å²) in [5.74, 6) is 1.20. The Morgan fingerprint density at radius 2 is 1.77 bits per heavy atom. The van der Waals surface area contributed by atoms with Crippen molar-refractivity contribution < 1.29 is 28.5 Å². The molecule has 3 rings (SSSR count). The Morgan fingerprint density at radius 3 is 2.48 bits per heavy atom. The fourth-order valence-corrected chi connectivity index (χ4v) is 3.85. The quantitative estimate of drug-likeness (QED) is 0.599. The highest BCUT2D eigenvalue weighted by Crippen LogP contribution is 2.38. The third kappa shape index (κ3) is 5.48. The first kappa shape index (κ1) is 22.5. The fourth-order valence-electron chi connectivity index (χ4n) is 3.85. The van der Waals surface area contributed by atoms with Crippen LogP contribution in [0.4, 0.5) is 0 Å². The molecule has 0 bridgehead atoms. The van der Waals surface area contributed by atoms with Crippen molar-refractivity contribution in [2.75, 3.05) is 34.0 Å². The van der Waals surface area contributed by atoms with Crippen LogP contribution >= 0.6 is 0 Å². The Bertz CT molecular complexity index is 942. The van der Waals surface area contributed by atoms with Crippen LogP contribution in [-0.2, 0) is 14.3 Å². The van der Waals surface area contributed by atoms with Gasteiger partial charge < -0.3 is 23.8 Å². The van der Waals surface area contributed by atoms with Crippen molar-refractivity contribution in [3.63, 3.8) is 0 Å².